The monoisotopic (exact) mass is 312 g/mol. The lowest BCUT2D eigenvalue weighted by molar-refractivity contribution is 1.31. The molecule has 3 N–H and O–H groups in total. The topological polar surface area (TPSA) is 74.7 Å². The summed E-state index contributed by atoms with van der Waals surface area (Å²) in [6.07, 6.45) is 0. The van der Waals surface area contributed by atoms with E-state index in [1.165, 1.54) is 6.07 Å². The second-order valence-electron chi connectivity index (χ2n) is 3.62. The predicted molar refractivity (Wildman–Crippen MR) is 78.1 cm³/mol. The van der Waals surface area contributed by atoms with Crippen LogP contribution >= 0.6 is 34.8 Å². The molecule has 1 heterocycles. The molecule has 0 aliphatic carbocycles. The number of anilines is 3. The lowest BCUT2D eigenvalue weighted by Crippen LogP contribution is -1.99. The van der Waals surface area contributed by atoms with Crippen molar-refractivity contribution in [2.24, 2.45) is 0 Å². The van der Waals surface area contributed by atoms with Gasteiger partial charge in [0.05, 0.1) is 32.4 Å². The molecule has 1 aromatic carbocycles. The van der Waals surface area contributed by atoms with Gasteiger partial charge >= 0.3 is 0 Å². The summed E-state index contributed by atoms with van der Waals surface area (Å²) in [5, 5.41) is 12.8. The third-order valence-corrected chi connectivity index (χ3v) is 3.23. The maximum absolute atomic E-state index is 8.85. The van der Waals surface area contributed by atoms with Gasteiger partial charge in [-0.25, -0.2) is 4.98 Å². The third kappa shape index (κ3) is 3.02. The molecule has 1 aromatic heterocycles. The van der Waals surface area contributed by atoms with Crippen molar-refractivity contribution in [3.8, 4) is 6.07 Å². The Labute approximate surface area is 124 Å². The number of nitrogens with two attached hydrogens (primary N) is 1. The number of nitriles is 1. The Hall–Kier alpha value is -1.67. The largest absolute Gasteiger partial charge is 0.382 e. The smallest absolute Gasteiger partial charge is 0.151 e. The van der Waals surface area contributed by atoms with Crippen LogP contribution in [0.2, 0.25) is 15.1 Å². The van der Waals surface area contributed by atoms with Crippen LogP contribution in [0.1, 0.15) is 5.56 Å². The van der Waals surface area contributed by atoms with Gasteiger partial charge in [0.25, 0.3) is 0 Å². The average molecular weight is 314 g/mol. The standard InChI is InChI=1S/C12H7Cl3N4/c13-7-2-1-6(5-16)3-10(7)18-12-9(15)4-8(14)11(17)19-12/h1-4H,(H3,17,18,19). The van der Waals surface area contributed by atoms with Gasteiger partial charge in [0.2, 0.25) is 0 Å². The number of pyridine rings is 1. The molecule has 0 spiro atoms. The zero-order valence-electron chi connectivity index (χ0n) is 9.42. The number of nitrogens with one attached hydrogen (secondary N) is 1. The van der Waals surface area contributed by atoms with Crippen LogP contribution in [0.15, 0.2) is 24.3 Å². The number of aromatic nitrogens is 1. The Morgan fingerprint density at radius 3 is 2.53 bits per heavy atom. The van der Waals surface area contributed by atoms with Gasteiger partial charge in [-0.05, 0) is 24.3 Å². The Bertz CT molecular complexity index is 679. The number of nitrogen functional groups attached to an aromatic ring is 1. The molecule has 7 heteroatoms. The molecule has 0 saturated carbocycles. The Balaban J connectivity index is 2.42. The second-order valence-corrected chi connectivity index (χ2v) is 4.84. The predicted octanol–water partition coefficient (Wildman–Crippen LogP) is 4.24. The maximum Gasteiger partial charge on any atom is 0.151 e. The highest BCUT2D eigenvalue weighted by atomic mass is 35.5. The van der Waals surface area contributed by atoms with Crippen molar-refractivity contribution in [2.45, 2.75) is 0 Å². The van der Waals surface area contributed by atoms with Crippen LogP contribution in [-0.4, -0.2) is 4.98 Å². The molecule has 0 bridgehead atoms. The summed E-state index contributed by atoms with van der Waals surface area (Å²) in [4.78, 5) is 4.03. The van der Waals surface area contributed by atoms with Crippen LogP contribution in [0.3, 0.4) is 0 Å². The quantitative estimate of drug-likeness (QED) is 0.869. The fourth-order valence-electron chi connectivity index (χ4n) is 1.39. The van der Waals surface area contributed by atoms with Gasteiger partial charge < -0.3 is 11.1 Å². The molecule has 96 valence electrons. The summed E-state index contributed by atoms with van der Waals surface area (Å²) >= 11 is 17.8. The second kappa shape index (κ2) is 5.54. The summed E-state index contributed by atoms with van der Waals surface area (Å²) in [5.41, 5.74) is 6.58. The molecule has 0 radical (unpaired) electrons. The van der Waals surface area contributed by atoms with Crippen LogP contribution in [-0.2, 0) is 0 Å². The molecular weight excluding hydrogens is 307 g/mol. The molecule has 19 heavy (non-hydrogen) atoms. The molecule has 2 aromatic rings. The minimum Gasteiger partial charge on any atom is -0.382 e. The van der Waals surface area contributed by atoms with Crippen LogP contribution in [0.5, 0.6) is 0 Å². The van der Waals surface area contributed by atoms with E-state index in [0.717, 1.165) is 0 Å². The molecule has 0 aliphatic heterocycles. The van der Waals surface area contributed by atoms with Crippen molar-refractivity contribution in [1.82, 2.24) is 4.98 Å². The fourth-order valence-corrected chi connectivity index (χ4v) is 1.96. The van der Waals surface area contributed by atoms with Crippen molar-refractivity contribution < 1.29 is 0 Å². The highest BCUT2D eigenvalue weighted by Crippen LogP contribution is 2.32. The van der Waals surface area contributed by atoms with Gasteiger partial charge in [0.15, 0.2) is 5.82 Å². The molecule has 0 fully saturated rings. The van der Waals surface area contributed by atoms with E-state index in [1.54, 1.807) is 18.2 Å². The third-order valence-electron chi connectivity index (χ3n) is 2.31. The van der Waals surface area contributed by atoms with Gasteiger partial charge in [-0.2, -0.15) is 5.26 Å². The molecular formula is C12H7Cl3N4. The normalized spacial score (nSPS) is 10.0. The van der Waals surface area contributed by atoms with E-state index in [0.29, 0.717) is 27.1 Å². The fraction of sp³-hybridized carbons (Fsp3) is 0. The first kappa shape index (κ1) is 13.8. The van der Waals surface area contributed by atoms with E-state index in [2.05, 4.69) is 10.3 Å². The number of nitrogens with zero attached hydrogens (tertiary/aromatic N) is 2. The summed E-state index contributed by atoms with van der Waals surface area (Å²) in [6, 6.07) is 8.30. The van der Waals surface area contributed by atoms with E-state index in [4.69, 9.17) is 45.8 Å². The van der Waals surface area contributed by atoms with E-state index >= 15 is 0 Å². The van der Waals surface area contributed by atoms with Gasteiger partial charge in [-0.1, -0.05) is 34.8 Å². The summed E-state index contributed by atoms with van der Waals surface area (Å²) in [5.74, 6) is 0.474. The average Bonchev–Trinajstić information content (AvgIpc) is 2.38. The van der Waals surface area contributed by atoms with Crippen LogP contribution in [0.25, 0.3) is 0 Å². The zero-order valence-corrected chi connectivity index (χ0v) is 11.7. The van der Waals surface area contributed by atoms with E-state index in [1.807, 2.05) is 6.07 Å². The van der Waals surface area contributed by atoms with Crippen molar-refractivity contribution in [3.05, 3.63) is 44.9 Å². The lowest BCUT2D eigenvalue weighted by Gasteiger charge is -2.10. The maximum atomic E-state index is 8.85. The van der Waals surface area contributed by atoms with Crippen molar-refractivity contribution in [1.29, 1.82) is 5.26 Å². The minimum absolute atomic E-state index is 0.154. The van der Waals surface area contributed by atoms with Crippen molar-refractivity contribution >= 4 is 52.1 Å². The summed E-state index contributed by atoms with van der Waals surface area (Å²) < 4.78 is 0. The van der Waals surface area contributed by atoms with Crippen LogP contribution in [0, 0.1) is 11.3 Å². The van der Waals surface area contributed by atoms with Gasteiger partial charge in [-0.3, -0.25) is 0 Å². The molecule has 0 atom stereocenters. The molecule has 0 aliphatic rings. The molecule has 0 amide bonds. The molecule has 0 unspecified atom stereocenters. The molecule has 2 rings (SSSR count). The Morgan fingerprint density at radius 2 is 1.84 bits per heavy atom. The summed E-state index contributed by atoms with van der Waals surface area (Å²) in [7, 11) is 0. The summed E-state index contributed by atoms with van der Waals surface area (Å²) in [6.45, 7) is 0. The van der Waals surface area contributed by atoms with Crippen LogP contribution < -0.4 is 11.1 Å². The number of rotatable bonds is 2. The highest BCUT2D eigenvalue weighted by Gasteiger charge is 2.09. The first-order valence-corrected chi connectivity index (χ1v) is 6.23. The van der Waals surface area contributed by atoms with Crippen LogP contribution in [0.4, 0.5) is 17.3 Å². The first-order valence-electron chi connectivity index (χ1n) is 5.09. The number of halogens is 3. The minimum atomic E-state index is 0.154. The Morgan fingerprint density at radius 1 is 1.11 bits per heavy atom. The van der Waals surface area contributed by atoms with Crippen molar-refractivity contribution in [3.63, 3.8) is 0 Å². The van der Waals surface area contributed by atoms with Gasteiger partial charge in [0, 0.05) is 0 Å². The van der Waals surface area contributed by atoms with E-state index < -0.39 is 0 Å². The Kier molecular flexibility index (Phi) is 4.01. The molecule has 0 saturated heterocycles. The van der Waals surface area contributed by atoms with Crippen molar-refractivity contribution in [2.75, 3.05) is 11.1 Å². The number of benzene rings is 1. The molecule has 4 nitrogen and oxygen atoms in total. The first-order chi connectivity index (χ1) is 9.01. The number of hydrogen-bond acceptors (Lipinski definition) is 4. The lowest BCUT2D eigenvalue weighted by atomic mass is 10.2. The zero-order chi connectivity index (χ0) is 14.0. The van der Waals surface area contributed by atoms with E-state index in [-0.39, 0.29) is 10.8 Å². The highest BCUT2D eigenvalue weighted by molar-refractivity contribution is 6.37. The van der Waals surface area contributed by atoms with Gasteiger partial charge in [0.1, 0.15) is 5.82 Å². The SMILES string of the molecule is N#Cc1ccc(Cl)c(Nc2nc(N)c(Cl)cc2Cl)c1. The van der Waals surface area contributed by atoms with Gasteiger partial charge in [-0.15, -0.1) is 0 Å². The van der Waals surface area contributed by atoms with E-state index in [9.17, 15) is 0 Å². The number of hydrogen-bond donors (Lipinski definition) is 2.